The predicted molar refractivity (Wildman–Crippen MR) is 110 cm³/mol. The van der Waals surface area contributed by atoms with Gasteiger partial charge < -0.3 is 13.8 Å². The fourth-order valence-corrected chi connectivity index (χ4v) is 6.55. The molecule has 160 valence electrons. The minimum Gasteiger partial charge on any atom is -0.493 e. The van der Waals surface area contributed by atoms with Gasteiger partial charge in [-0.2, -0.15) is 13.6 Å². The number of oxime groups is 1. The SMILES string of the molecule is CO/N=C1\CCCC2C3CCc4cc(OS(N)(=O)=O)c(OC)cc4C3CC[C@]12C. The molecule has 29 heavy (non-hydrogen) atoms. The van der Waals surface area contributed by atoms with Crippen LogP contribution in [0.5, 0.6) is 11.5 Å². The summed E-state index contributed by atoms with van der Waals surface area (Å²) in [6.07, 6.45) is 7.54. The van der Waals surface area contributed by atoms with E-state index in [9.17, 15) is 8.42 Å². The van der Waals surface area contributed by atoms with Gasteiger partial charge in [0.2, 0.25) is 0 Å². The maximum absolute atomic E-state index is 11.4. The molecule has 3 aliphatic rings. The highest BCUT2D eigenvalue weighted by Crippen LogP contribution is 2.59. The zero-order chi connectivity index (χ0) is 20.8. The third-order valence-electron chi connectivity index (χ3n) is 7.39. The minimum absolute atomic E-state index is 0.105. The highest BCUT2D eigenvalue weighted by Gasteiger charge is 2.52. The molecule has 0 amide bonds. The van der Waals surface area contributed by atoms with Crippen LogP contribution in [0.3, 0.4) is 0 Å². The molecule has 0 aromatic heterocycles. The molecule has 3 aliphatic carbocycles. The Balaban J connectivity index is 1.69. The molecule has 0 bridgehead atoms. The lowest BCUT2D eigenvalue weighted by atomic mass is 9.50. The lowest BCUT2D eigenvalue weighted by molar-refractivity contribution is 0.0581. The van der Waals surface area contributed by atoms with Crippen molar-refractivity contribution in [3.63, 3.8) is 0 Å². The number of hydrogen-bond acceptors (Lipinski definition) is 6. The second-order valence-corrected chi connectivity index (χ2v) is 9.91. The first-order valence-corrected chi connectivity index (χ1v) is 11.8. The molecule has 4 atom stereocenters. The van der Waals surface area contributed by atoms with Crippen LogP contribution >= 0.6 is 0 Å². The van der Waals surface area contributed by atoms with Crippen LogP contribution in [0.2, 0.25) is 0 Å². The maximum atomic E-state index is 11.4. The molecule has 3 unspecified atom stereocenters. The van der Waals surface area contributed by atoms with Gasteiger partial charge in [-0.3, -0.25) is 0 Å². The summed E-state index contributed by atoms with van der Waals surface area (Å²) in [4.78, 5) is 5.17. The predicted octanol–water partition coefficient (Wildman–Crippen LogP) is 3.53. The van der Waals surface area contributed by atoms with E-state index >= 15 is 0 Å². The zero-order valence-corrected chi connectivity index (χ0v) is 18.1. The molecular weight excluding hydrogens is 392 g/mol. The first-order chi connectivity index (χ1) is 13.8. The van der Waals surface area contributed by atoms with Crippen molar-refractivity contribution in [1.82, 2.24) is 0 Å². The quantitative estimate of drug-likeness (QED) is 0.748. The van der Waals surface area contributed by atoms with Crippen molar-refractivity contribution in [2.24, 2.45) is 27.5 Å². The van der Waals surface area contributed by atoms with Gasteiger partial charge in [0.05, 0.1) is 12.8 Å². The molecular formula is C21H30N2O5S. The van der Waals surface area contributed by atoms with Crippen LogP contribution in [0.1, 0.15) is 62.5 Å². The van der Waals surface area contributed by atoms with E-state index < -0.39 is 10.3 Å². The highest BCUT2D eigenvalue weighted by molar-refractivity contribution is 7.84. The van der Waals surface area contributed by atoms with Gasteiger partial charge in [0.15, 0.2) is 11.5 Å². The molecule has 0 saturated heterocycles. The van der Waals surface area contributed by atoms with Crippen LogP contribution in [0, 0.1) is 17.3 Å². The van der Waals surface area contributed by atoms with Crippen LogP contribution in [-0.2, 0) is 21.6 Å². The summed E-state index contributed by atoms with van der Waals surface area (Å²) in [5.41, 5.74) is 3.72. The number of hydrogen-bond donors (Lipinski definition) is 1. The zero-order valence-electron chi connectivity index (χ0n) is 17.3. The van der Waals surface area contributed by atoms with Crippen molar-refractivity contribution in [3.05, 3.63) is 23.3 Å². The van der Waals surface area contributed by atoms with Crippen LogP contribution < -0.4 is 14.1 Å². The lowest BCUT2D eigenvalue weighted by Crippen LogP contribution is -2.49. The Kier molecular flexibility index (Phi) is 5.27. The number of nitrogens with zero attached hydrogens (tertiary/aromatic N) is 1. The summed E-state index contributed by atoms with van der Waals surface area (Å²) < 4.78 is 33.2. The fraction of sp³-hybridized carbons (Fsp3) is 0.667. The Labute approximate surface area is 172 Å². The fourth-order valence-electron chi connectivity index (χ4n) is 6.17. The van der Waals surface area contributed by atoms with Gasteiger partial charge in [0.1, 0.15) is 7.11 Å². The topological polar surface area (TPSA) is 100 Å². The number of aryl methyl sites for hydroxylation is 1. The largest absolute Gasteiger partial charge is 0.493 e. The van der Waals surface area contributed by atoms with Crippen molar-refractivity contribution in [3.8, 4) is 11.5 Å². The lowest BCUT2D eigenvalue weighted by Gasteiger charge is -2.54. The number of benzene rings is 1. The average Bonchev–Trinajstić information content (AvgIpc) is 2.66. The number of nitrogens with two attached hydrogens (primary N) is 1. The number of fused-ring (bicyclic) bond motifs is 5. The Morgan fingerprint density at radius 1 is 1.14 bits per heavy atom. The van der Waals surface area contributed by atoms with E-state index in [1.165, 1.54) is 24.8 Å². The van der Waals surface area contributed by atoms with Gasteiger partial charge in [-0.1, -0.05) is 12.1 Å². The van der Waals surface area contributed by atoms with E-state index in [0.29, 0.717) is 23.5 Å². The summed E-state index contributed by atoms with van der Waals surface area (Å²) in [7, 11) is -0.947. The maximum Gasteiger partial charge on any atom is 0.380 e. The van der Waals surface area contributed by atoms with E-state index in [1.54, 1.807) is 13.2 Å². The summed E-state index contributed by atoms with van der Waals surface area (Å²) in [6, 6.07) is 3.75. The van der Waals surface area contributed by atoms with Crippen molar-refractivity contribution in [2.45, 2.75) is 57.8 Å². The smallest absolute Gasteiger partial charge is 0.380 e. The van der Waals surface area contributed by atoms with Gasteiger partial charge in [-0.05, 0) is 86.0 Å². The molecule has 0 radical (unpaired) electrons. The Morgan fingerprint density at radius 2 is 1.93 bits per heavy atom. The van der Waals surface area contributed by atoms with Crippen LogP contribution in [0.4, 0.5) is 0 Å². The van der Waals surface area contributed by atoms with E-state index in [1.807, 2.05) is 6.07 Å². The van der Waals surface area contributed by atoms with Gasteiger partial charge in [0.25, 0.3) is 0 Å². The molecule has 2 N–H and O–H groups in total. The number of methoxy groups -OCH3 is 1. The normalized spacial score (nSPS) is 32.7. The van der Waals surface area contributed by atoms with Gasteiger partial charge in [-0.15, -0.1) is 0 Å². The van der Waals surface area contributed by atoms with Crippen molar-refractivity contribution in [1.29, 1.82) is 0 Å². The average molecular weight is 423 g/mol. The third-order valence-corrected chi connectivity index (χ3v) is 7.81. The van der Waals surface area contributed by atoms with E-state index in [4.69, 9.17) is 18.9 Å². The number of ether oxygens (including phenoxy) is 1. The second-order valence-electron chi connectivity index (χ2n) is 8.76. The molecule has 0 heterocycles. The Bertz CT molecular complexity index is 929. The van der Waals surface area contributed by atoms with Gasteiger partial charge >= 0.3 is 10.3 Å². The van der Waals surface area contributed by atoms with Crippen molar-refractivity contribution in [2.75, 3.05) is 14.2 Å². The molecule has 1 aromatic carbocycles. The first kappa shape index (κ1) is 20.5. The minimum atomic E-state index is -4.10. The number of rotatable bonds is 4. The second kappa shape index (κ2) is 7.47. The van der Waals surface area contributed by atoms with E-state index in [2.05, 4.69) is 12.1 Å². The van der Waals surface area contributed by atoms with Gasteiger partial charge in [0, 0.05) is 5.41 Å². The molecule has 2 fully saturated rings. The summed E-state index contributed by atoms with van der Waals surface area (Å²) in [6.45, 7) is 2.37. The van der Waals surface area contributed by atoms with E-state index in [0.717, 1.165) is 44.1 Å². The van der Waals surface area contributed by atoms with Crippen LogP contribution in [0.25, 0.3) is 0 Å². The Morgan fingerprint density at radius 3 is 2.62 bits per heavy atom. The molecule has 0 aliphatic heterocycles. The van der Waals surface area contributed by atoms with Crippen molar-refractivity contribution >= 4 is 16.0 Å². The van der Waals surface area contributed by atoms with Gasteiger partial charge in [-0.25, -0.2) is 0 Å². The molecule has 2 saturated carbocycles. The third kappa shape index (κ3) is 3.61. The summed E-state index contributed by atoms with van der Waals surface area (Å²) in [5.74, 6) is 2.19. The molecule has 4 rings (SSSR count). The summed E-state index contributed by atoms with van der Waals surface area (Å²) in [5, 5.41) is 9.48. The van der Waals surface area contributed by atoms with E-state index in [-0.39, 0.29) is 11.2 Å². The Hall–Kier alpha value is -1.80. The standard InChI is InChI=1S/C21H30N2O5S/c1-21-10-9-14-15(17(21)5-4-6-20(21)23-27-3)8-7-13-11-19(28-29(22,24)25)18(26-2)12-16(13)14/h11-12,14-15,17H,4-10H2,1-3H3,(H2,22,24,25)/b23-20+/t14?,15?,17?,21-/m0/s1. The molecule has 1 aromatic rings. The monoisotopic (exact) mass is 422 g/mol. The highest BCUT2D eigenvalue weighted by atomic mass is 32.2. The summed E-state index contributed by atoms with van der Waals surface area (Å²) >= 11 is 0. The molecule has 8 heteroatoms. The molecule has 7 nitrogen and oxygen atoms in total. The molecule has 0 spiro atoms. The van der Waals surface area contributed by atoms with Crippen LogP contribution in [0.15, 0.2) is 17.3 Å². The van der Waals surface area contributed by atoms with Crippen LogP contribution in [-0.4, -0.2) is 28.3 Å². The first-order valence-electron chi connectivity index (χ1n) is 10.3. The van der Waals surface area contributed by atoms with Crippen molar-refractivity contribution < 1.29 is 22.2 Å².